The van der Waals surface area contributed by atoms with Crippen molar-refractivity contribution in [2.45, 2.75) is 90.3 Å². The number of aliphatic hydroxyl groups excluding tert-OH is 2. The molecule has 0 bridgehead atoms. The molecule has 3 rings (SSSR count). The number of phenolic OH excluding ortho intramolecular Hbond substituents is 1. The molecule has 41 heavy (non-hydrogen) atoms. The van der Waals surface area contributed by atoms with E-state index in [0.717, 1.165) is 5.56 Å². The summed E-state index contributed by atoms with van der Waals surface area (Å²) in [4.78, 5) is 42.6. The summed E-state index contributed by atoms with van der Waals surface area (Å²) in [6, 6.07) is 1.12. The van der Waals surface area contributed by atoms with Crippen molar-refractivity contribution in [2.24, 2.45) is 11.8 Å². The van der Waals surface area contributed by atoms with Crippen LogP contribution in [0.3, 0.4) is 0 Å². The van der Waals surface area contributed by atoms with Gasteiger partial charge in [0.2, 0.25) is 5.78 Å². The number of Topliss-reactive ketones (excluding diaryl/α,β-unsaturated/α-hetero) is 2. The maximum absolute atomic E-state index is 14.1. The summed E-state index contributed by atoms with van der Waals surface area (Å²) in [7, 11) is 3.34. The number of allylic oxidation sites excluding steroid dienone is 1. The SMILES string of the molecule is C=C(C(=O)NC(C)(C)C)C(=O)[C@@]1(O)C(O)=C2C(=O)c3c(O)c(C(C)(C)C)cc(CC)c3C[C@H]2C[C@H]1[C@@H](CO)N(C)C. The van der Waals surface area contributed by atoms with E-state index >= 15 is 0 Å². The van der Waals surface area contributed by atoms with Crippen LogP contribution in [0.5, 0.6) is 5.75 Å². The Hall–Kier alpha value is -3.01. The first-order valence-corrected chi connectivity index (χ1v) is 14.1. The standard InChI is InChI=1S/C32H46N2O7/c1-11-17-13-21(30(3,4)5)25(36)24-19(17)12-18-14-20(22(15-35)34(9)10)32(41,28(39)23(18)26(24)37)27(38)16(2)29(40)33-31(6,7)8/h13,18,20,22,35-36,39,41H,2,11-12,14-15H2,1,3-10H3,(H,33,40)/t18-,20-,22+,32+/m0/s1. The molecule has 2 aliphatic carbocycles. The maximum atomic E-state index is 14.1. The first-order valence-electron chi connectivity index (χ1n) is 14.1. The largest absolute Gasteiger partial charge is 0.508 e. The summed E-state index contributed by atoms with van der Waals surface area (Å²) in [6.07, 6.45) is 0.969. The monoisotopic (exact) mass is 570 g/mol. The van der Waals surface area contributed by atoms with Crippen LogP contribution in [0.15, 0.2) is 29.6 Å². The van der Waals surface area contributed by atoms with Gasteiger partial charge >= 0.3 is 0 Å². The molecule has 2 aliphatic rings. The molecule has 0 aliphatic heterocycles. The van der Waals surface area contributed by atoms with Crippen LogP contribution in [-0.4, -0.2) is 80.7 Å². The highest BCUT2D eigenvalue weighted by Crippen LogP contribution is 2.51. The second-order valence-corrected chi connectivity index (χ2v) is 13.7. The van der Waals surface area contributed by atoms with Gasteiger partial charge in [-0.3, -0.25) is 14.4 Å². The lowest BCUT2D eigenvalue weighted by Crippen LogP contribution is -2.61. The lowest BCUT2D eigenvalue weighted by molar-refractivity contribution is -0.146. The van der Waals surface area contributed by atoms with E-state index in [1.54, 1.807) is 39.8 Å². The van der Waals surface area contributed by atoms with E-state index in [4.69, 9.17) is 0 Å². The molecule has 4 atom stereocenters. The summed E-state index contributed by atoms with van der Waals surface area (Å²) >= 11 is 0. The van der Waals surface area contributed by atoms with Crippen molar-refractivity contribution in [1.29, 1.82) is 0 Å². The number of hydrogen-bond donors (Lipinski definition) is 5. The zero-order chi connectivity index (χ0) is 31.4. The Morgan fingerprint density at radius 1 is 1.17 bits per heavy atom. The van der Waals surface area contributed by atoms with Gasteiger partial charge in [0.15, 0.2) is 11.4 Å². The van der Waals surface area contributed by atoms with E-state index in [2.05, 4.69) is 11.9 Å². The number of amides is 1. The number of nitrogens with one attached hydrogen (secondary N) is 1. The molecule has 0 saturated heterocycles. The minimum atomic E-state index is -2.71. The Labute approximate surface area is 243 Å². The predicted molar refractivity (Wildman–Crippen MR) is 157 cm³/mol. The van der Waals surface area contributed by atoms with Crippen LogP contribution in [0.4, 0.5) is 0 Å². The maximum Gasteiger partial charge on any atom is 0.254 e. The van der Waals surface area contributed by atoms with Gasteiger partial charge in [-0.1, -0.05) is 40.3 Å². The van der Waals surface area contributed by atoms with Crippen molar-refractivity contribution in [1.82, 2.24) is 10.2 Å². The zero-order valence-corrected chi connectivity index (χ0v) is 25.8. The van der Waals surface area contributed by atoms with Crippen LogP contribution in [0.25, 0.3) is 0 Å². The molecule has 0 fully saturated rings. The van der Waals surface area contributed by atoms with Crippen LogP contribution in [0, 0.1) is 11.8 Å². The number of likely N-dealkylation sites (N-methyl/N-ethyl adjacent to an activating group) is 1. The van der Waals surface area contributed by atoms with Crippen molar-refractivity contribution < 1.29 is 34.8 Å². The van der Waals surface area contributed by atoms with Gasteiger partial charge in [-0.2, -0.15) is 0 Å². The second-order valence-electron chi connectivity index (χ2n) is 13.7. The molecule has 0 saturated carbocycles. The molecule has 9 heteroatoms. The Morgan fingerprint density at radius 3 is 2.22 bits per heavy atom. The molecule has 5 N–H and O–H groups in total. The van der Waals surface area contributed by atoms with E-state index in [1.807, 2.05) is 33.8 Å². The molecular formula is C32H46N2O7. The average Bonchev–Trinajstić information content (AvgIpc) is 2.84. The Kier molecular flexibility index (Phi) is 8.72. The second kappa shape index (κ2) is 11.0. The molecule has 9 nitrogen and oxygen atoms in total. The van der Waals surface area contributed by atoms with Crippen molar-refractivity contribution in [3.05, 3.63) is 51.8 Å². The van der Waals surface area contributed by atoms with E-state index < -0.39 is 69.8 Å². The topological polar surface area (TPSA) is 147 Å². The molecule has 1 amide bonds. The van der Waals surface area contributed by atoms with Crippen molar-refractivity contribution in [2.75, 3.05) is 20.7 Å². The zero-order valence-electron chi connectivity index (χ0n) is 25.8. The van der Waals surface area contributed by atoms with Gasteiger partial charge in [0.1, 0.15) is 11.5 Å². The third-order valence-electron chi connectivity index (χ3n) is 8.41. The third kappa shape index (κ3) is 5.59. The molecule has 0 heterocycles. The number of phenols is 1. The number of rotatable bonds is 7. The van der Waals surface area contributed by atoms with Gasteiger partial charge in [-0.15, -0.1) is 0 Å². The Balaban J connectivity index is 2.30. The molecule has 1 aromatic carbocycles. The van der Waals surface area contributed by atoms with Crippen molar-refractivity contribution >= 4 is 17.5 Å². The average molecular weight is 571 g/mol. The summed E-state index contributed by atoms with van der Waals surface area (Å²) in [6.45, 7) is 16.1. The summed E-state index contributed by atoms with van der Waals surface area (Å²) < 4.78 is 0. The summed E-state index contributed by atoms with van der Waals surface area (Å²) in [5.74, 6) is -5.33. The highest BCUT2D eigenvalue weighted by molar-refractivity contribution is 6.23. The molecule has 0 spiro atoms. The highest BCUT2D eigenvalue weighted by atomic mass is 16.3. The minimum Gasteiger partial charge on any atom is -0.508 e. The number of ketones is 2. The van der Waals surface area contributed by atoms with Gasteiger partial charge in [-0.05, 0) is 76.6 Å². The smallest absolute Gasteiger partial charge is 0.254 e. The molecule has 1 aromatic rings. The fraction of sp³-hybridized carbons (Fsp3) is 0.594. The minimum absolute atomic E-state index is 0.0648. The first kappa shape index (κ1) is 32.5. The third-order valence-corrected chi connectivity index (χ3v) is 8.41. The van der Waals surface area contributed by atoms with Crippen LogP contribution in [-0.2, 0) is 27.8 Å². The number of hydrogen-bond acceptors (Lipinski definition) is 8. The van der Waals surface area contributed by atoms with Crippen molar-refractivity contribution in [3.8, 4) is 5.75 Å². The number of aromatic hydroxyl groups is 1. The lowest BCUT2D eigenvalue weighted by atomic mass is 9.60. The molecule has 0 unspecified atom stereocenters. The normalized spacial score (nSPS) is 23.7. The van der Waals surface area contributed by atoms with Crippen LogP contribution >= 0.6 is 0 Å². The summed E-state index contributed by atoms with van der Waals surface area (Å²) in [5, 5.41) is 48.2. The molecular weight excluding hydrogens is 524 g/mol. The van der Waals surface area contributed by atoms with Gasteiger partial charge in [0, 0.05) is 28.6 Å². The van der Waals surface area contributed by atoms with Crippen LogP contribution in [0.1, 0.15) is 81.9 Å². The van der Waals surface area contributed by atoms with Gasteiger partial charge in [-0.25, -0.2) is 0 Å². The highest BCUT2D eigenvalue weighted by Gasteiger charge is 2.59. The quantitative estimate of drug-likeness (QED) is 0.191. The van der Waals surface area contributed by atoms with Crippen LogP contribution < -0.4 is 5.32 Å². The van der Waals surface area contributed by atoms with E-state index in [9.17, 15) is 34.8 Å². The molecule has 226 valence electrons. The predicted octanol–water partition coefficient (Wildman–Crippen LogP) is 3.13. The Morgan fingerprint density at radius 2 is 1.76 bits per heavy atom. The molecule has 0 aromatic heterocycles. The Bertz CT molecular complexity index is 1310. The number of fused-ring (bicyclic) bond motifs is 2. The number of nitrogens with zero attached hydrogens (tertiary/aromatic N) is 1. The van der Waals surface area contributed by atoms with E-state index in [0.29, 0.717) is 24.0 Å². The fourth-order valence-electron chi connectivity index (χ4n) is 6.27. The summed E-state index contributed by atoms with van der Waals surface area (Å²) in [5.41, 5.74) is -2.41. The lowest BCUT2D eigenvalue weighted by Gasteiger charge is -2.48. The van der Waals surface area contributed by atoms with Gasteiger partial charge in [0.25, 0.3) is 5.91 Å². The number of aliphatic hydroxyl groups is 3. The molecule has 0 radical (unpaired) electrons. The van der Waals surface area contributed by atoms with Gasteiger partial charge in [0.05, 0.1) is 17.7 Å². The number of benzene rings is 1. The van der Waals surface area contributed by atoms with E-state index in [1.165, 1.54) is 0 Å². The fourth-order valence-corrected chi connectivity index (χ4v) is 6.27. The number of carbonyl (C=O) groups is 3. The number of aryl methyl sites for hydroxylation is 1. The van der Waals surface area contributed by atoms with Crippen LogP contribution in [0.2, 0.25) is 0 Å². The van der Waals surface area contributed by atoms with Crippen molar-refractivity contribution in [3.63, 3.8) is 0 Å². The number of carbonyl (C=O) groups excluding carboxylic acids is 3. The van der Waals surface area contributed by atoms with E-state index in [-0.39, 0.29) is 23.3 Å². The first-order chi connectivity index (χ1) is 18.7. The van der Waals surface area contributed by atoms with Gasteiger partial charge < -0.3 is 30.6 Å².